The van der Waals surface area contributed by atoms with Crippen LogP contribution in [-0.4, -0.2) is 47.2 Å². The van der Waals surface area contributed by atoms with Crippen LogP contribution in [0.2, 0.25) is 0 Å². The van der Waals surface area contributed by atoms with E-state index in [-0.39, 0.29) is 17.9 Å². The number of ether oxygens (including phenoxy) is 1. The van der Waals surface area contributed by atoms with E-state index in [1.165, 1.54) is 7.11 Å². The minimum Gasteiger partial charge on any atom is -0.469 e. The second-order valence-electron chi connectivity index (χ2n) is 8.69. The molecule has 1 fully saturated rings. The molecule has 1 aliphatic heterocycles. The molecule has 3 aromatic rings. The van der Waals surface area contributed by atoms with E-state index < -0.39 is 5.92 Å². The molecule has 1 aliphatic rings. The normalized spacial score (nSPS) is 16.2. The van der Waals surface area contributed by atoms with Gasteiger partial charge in [-0.3, -0.25) is 14.6 Å². The summed E-state index contributed by atoms with van der Waals surface area (Å²) in [6, 6.07) is 18.9. The van der Waals surface area contributed by atoms with Crippen LogP contribution in [0.15, 0.2) is 73.1 Å². The third-order valence-corrected chi connectivity index (χ3v) is 6.47. The van der Waals surface area contributed by atoms with Crippen molar-refractivity contribution >= 4 is 17.6 Å². The highest BCUT2D eigenvalue weighted by atomic mass is 16.5. The first-order valence-corrected chi connectivity index (χ1v) is 11.5. The Hall–Kier alpha value is -3.80. The second-order valence-corrected chi connectivity index (χ2v) is 8.69. The Morgan fingerprint density at radius 2 is 1.88 bits per heavy atom. The third-order valence-electron chi connectivity index (χ3n) is 6.47. The summed E-state index contributed by atoms with van der Waals surface area (Å²) in [7, 11) is 1.39. The van der Waals surface area contributed by atoms with Crippen LogP contribution in [0.1, 0.15) is 41.3 Å². The largest absolute Gasteiger partial charge is 0.469 e. The Morgan fingerprint density at radius 3 is 2.56 bits per heavy atom. The number of hydrogen-bond donors (Lipinski definition) is 1. The monoisotopic (exact) mass is 455 g/mol. The fourth-order valence-corrected chi connectivity index (χ4v) is 4.68. The Labute approximate surface area is 200 Å². The number of likely N-dealkylation sites (tertiary alicyclic amines) is 1. The van der Waals surface area contributed by atoms with E-state index in [0.717, 1.165) is 35.1 Å². The fraction of sp³-hybridized carbons (Fsp3) is 0.286. The first kappa shape index (κ1) is 23.4. The lowest BCUT2D eigenvalue weighted by atomic mass is 9.89. The van der Waals surface area contributed by atoms with Crippen molar-refractivity contribution in [2.45, 2.75) is 32.2 Å². The van der Waals surface area contributed by atoms with Crippen LogP contribution < -0.4 is 0 Å². The molecule has 0 spiro atoms. The molecule has 6 heteroatoms. The van der Waals surface area contributed by atoms with Gasteiger partial charge in [0.1, 0.15) is 0 Å². The SMILES string of the molecule is COC(=O)C(Cc1cccc(C(C)=N)c1)C1CCCN1C(=O)c1ccc(-c2cccnc2)cc1. The molecule has 4 rings (SSSR count). The summed E-state index contributed by atoms with van der Waals surface area (Å²) < 4.78 is 5.15. The standard InChI is InChI=1S/C28H29N3O3/c1-19(29)23-7-3-6-20(16-23)17-25(28(33)34-2)26-9-5-15-31(26)27(32)22-12-10-21(11-13-22)24-8-4-14-30-18-24/h3-4,6-8,10-14,16,18,25-26,29H,5,9,15,17H2,1-2H3. The van der Waals surface area contributed by atoms with E-state index in [4.69, 9.17) is 10.1 Å². The van der Waals surface area contributed by atoms with E-state index in [9.17, 15) is 9.59 Å². The van der Waals surface area contributed by atoms with E-state index in [0.29, 0.717) is 24.2 Å². The average Bonchev–Trinajstić information content (AvgIpc) is 3.37. The number of carbonyl (C=O) groups excluding carboxylic acids is 2. The van der Waals surface area contributed by atoms with Gasteiger partial charge in [-0.1, -0.05) is 36.4 Å². The van der Waals surface area contributed by atoms with Crippen LogP contribution in [0.3, 0.4) is 0 Å². The molecular formula is C28H29N3O3. The molecule has 2 unspecified atom stereocenters. The van der Waals surface area contributed by atoms with Crippen molar-refractivity contribution < 1.29 is 14.3 Å². The minimum absolute atomic E-state index is 0.0711. The van der Waals surface area contributed by atoms with Crippen LogP contribution >= 0.6 is 0 Å². The summed E-state index contributed by atoms with van der Waals surface area (Å²) in [4.78, 5) is 32.2. The molecule has 2 heterocycles. The summed E-state index contributed by atoms with van der Waals surface area (Å²) >= 11 is 0. The van der Waals surface area contributed by atoms with Crippen molar-refractivity contribution in [1.82, 2.24) is 9.88 Å². The number of amides is 1. The number of nitrogens with zero attached hydrogens (tertiary/aromatic N) is 2. The molecule has 2 atom stereocenters. The van der Waals surface area contributed by atoms with Gasteiger partial charge in [0, 0.05) is 36.3 Å². The second kappa shape index (κ2) is 10.4. The van der Waals surface area contributed by atoms with E-state index in [2.05, 4.69) is 4.98 Å². The van der Waals surface area contributed by atoms with Gasteiger partial charge in [-0.25, -0.2) is 0 Å². The molecule has 0 saturated carbocycles. The van der Waals surface area contributed by atoms with Gasteiger partial charge >= 0.3 is 5.97 Å². The molecule has 2 aromatic carbocycles. The average molecular weight is 456 g/mol. The topological polar surface area (TPSA) is 83.4 Å². The lowest BCUT2D eigenvalue weighted by molar-refractivity contribution is -0.147. The summed E-state index contributed by atoms with van der Waals surface area (Å²) in [6.07, 6.45) is 5.58. The molecule has 1 saturated heterocycles. The molecular weight excluding hydrogens is 426 g/mol. The Balaban J connectivity index is 1.56. The van der Waals surface area contributed by atoms with Crippen LogP contribution in [0.4, 0.5) is 0 Å². The molecule has 6 nitrogen and oxygen atoms in total. The summed E-state index contributed by atoms with van der Waals surface area (Å²) in [6.45, 7) is 2.36. The highest BCUT2D eigenvalue weighted by Gasteiger charge is 2.39. The Bertz CT molecular complexity index is 1180. The molecule has 1 N–H and O–H groups in total. The quantitative estimate of drug-likeness (QED) is 0.411. The summed E-state index contributed by atoms with van der Waals surface area (Å²) in [5, 5.41) is 7.91. The maximum atomic E-state index is 13.4. The van der Waals surface area contributed by atoms with Gasteiger partial charge in [-0.15, -0.1) is 0 Å². The molecule has 0 aliphatic carbocycles. The molecule has 34 heavy (non-hydrogen) atoms. The number of nitrogens with one attached hydrogen (secondary N) is 1. The van der Waals surface area contributed by atoms with Crippen LogP contribution in [-0.2, 0) is 16.0 Å². The number of aromatic nitrogens is 1. The number of rotatable bonds is 7. The van der Waals surface area contributed by atoms with Crippen molar-refractivity contribution in [3.05, 3.63) is 89.7 Å². The van der Waals surface area contributed by atoms with Gasteiger partial charge in [0.15, 0.2) is 0 Å². The van der Waals surface area contributed by atoms with E-state index >= 15 is 0 Å². The van der Waals surface area contributed by atoms with Crippen LogP contribution in [0.25, 0.3) is 11.1 Å². The van der Waals surface area contributed by atoms with Crippen molar-refractivity contribution in [2.24, 2.45) is 5.92 Å². The van der Waals surface area contributed by atoms with Gasteiger partial charge in [-0.2, -0.15) is 0 Å². The minimum atomic E-state index is -0.465. The molecule has 0 bridgehead atoms. The number of benzene rings is 2. The first-order chi connectivity index (χ1) is 16.5. The highest BCUT2D eigenvalue weighted by molar-refractivity contribution is 5.96. The molecule has 1 amide bonds. The molecule has 1 aromatic heterocycles. The highest BCUT2D eigenvalue weighted by Crippen LogP contribution is 2.30. The maximum Gasteiger partial charge on any atom is 0.311 e. The number of pyridine rings is 1. The maximum absolute atomic E-state index is 13.4. The number of esters is 1. The van der Waals surface area contributed by atoms with Gasteiger partial charge in [0.25, 0.3) is 5.91 Å². The van der Waals surface area contributed by atoms with Crippen molar-refractivity contribution in [3.8, 4) is 11.1 Å². The van der Waals surface area contributed by atoms with E-state index in [1.54, 1.807) is 19.3 Å². The smallest absolute Gasteiger partial charge is 0.311 e. The summed E-state index contributed by atoms with van der Waals surface area (Å²) in [5.74, 6) is -0.848. The van der Waals surface area contributed by atoms with Crippen molar-refractivity contribution in [3.63, 3.8) is 0 Å². The van der Waals surface area contributed by atoms with Crippen LogP contribution in [0.5, 0.6) is 0 Å². The van der Waals surface area contributed by atoms with E-state index in [1.807, 2.05) is 65.6 Å². The van der Waals surface area contributed by atoms with Crippen molar-refractivity contribution in [2.75, 3.05) is 13.7 Å². The number of hydrogen-bond acceptors (Lipinski definition) is 5. The Morgan fingerprint density at radius 1 is 1.09 bits per heavy atom. The van der Waals surface area contributed by atoms with Crippen LogP contribution in [0, 0.1) is 11.3 Å². The molecule has 0 radical (unpaired) electrons. The van der Waals surface area contributed by atoms with Gasteiger partial charge < -0.3 is 15.0 Å². The third kappa shape index (κ3) is 5.06. The predicted molar refractivity (Wildman–Crippen MR) is 132 cm³/mol. The van der Waals surface area contributed by atoms with Gasteiger partial charge in [0.05, 0.1) is 13.0 Å². The van der Waals surface area contributed by atoms with Gasteiger partial charge in [-0.05, 0) is 72.7 Å². The zero-order valence-corrected chi connectivity index (χ0v) is 19.5. The first-order valence-electron chi connectivity index (χ1n) is 11.5. The Kier molecular flexibility index (Phi) is 7.16. The molecule has 174 valence electrons. The van der Waals surface area contributed by atoms with Crippen molar-refractivity contribution in [1.29, 1.82) is 5.41 Å². The lowest BCUT2D eigenvalue weighted by Gasteiger charge is -2.30. The summed E-state index contributed by atoms with van der Waals surface area (Å²) in [5.41, 5.74) is 4.85. The lowest BCUT2D eigenvalue weighted by Crippen LogP contribution is -2.44. The van der Waals surface area contributed by atoms with Gasteiger partial charge in [0.2, 0.25) is 0 Å². The zero-order chi connectivity index (χ0) is 24.1. The number of carbonyl (C=O) groups is 2. The zero-order valence-electron chi connectivity index (χ0n) is 19.5. The fourth-order valence-electron chi connectivity index (χ4n) is 4.68. The number of methoxy groups -OCH3 is 1. The predicted octanol–water partition coefficient (Wildman–Crippen LogP) is 4.77.